The van der Waals surface area contributed by atoms with Gasteiger partial charge in [-0.1, -0.05) is 19.9 Å². The molecule has 20 heavy (non-hydrogen) atoms. The fourth-order valence-electron chi connectivity index (χ4n) is 1.96. The quantitative estimate of drug-likeness (QED) is 0.892. The van der Waals surface area contributed by atoms with Crippen molar-refractivity contribution < 1.29 is 4.79 Å². The van der Waals surface area contributed by atoms with Crippen molar-refractivity contribution in [3.05, 3.63) is 54.0 Å². The van der Waals surface area contributed by atoms with Crippen LogP contribution in [0.2, 0.25) is 0 Å². The van der Waals surface area contributed by atoms with Gasteiger partial charge in [0.1, 0.15) is 5.82 Å². The first kappa shape index (κ1) is 14.0. The zero-order chi connectivity index (χ0) is 14.5. The molecule has 3 N–H and O–H groups in total. The molecule has 0 aromatic carbocycles. The molecule has 0 fully saturated rings. The van der Waals surface area contributed by atoms with E-state index in [-0.39, 0.29) is 17.9 Å². The molecule has 1 atom stereocenters. The van der Waals surface area contributed by atoms with Gasteiger partial charge in [-0.25, -0.2) is 4.98 Å². The van der Waals surface area contributed by atoms with E-state index in [4.69, 9.17) is 5.73 Å². The minimum atomic E-state index is -0.167. The zero-order valence-electron chi connectivity index (χ0n) is 11.6. The predicted octanol–water partition coefficient (Wildman–Crippen LogP) is 2.19. The number of hydrogen-bond donors (Lipinski definition) is 2. The van der Waals surface area contributed by atoms with Gasteiger partial charge in [-0.3, -0.25) is 9.78 Å². The van der Waals surface area contributed by atoms with E-state index in [1.807, 2.05) is 12.1 Å². The number of aromatic nitrogens is 2. The first-order chi connectivity index (χ1) is 9.58. The summed E-state index contributed by atoms with van der Waals surface area (Å²) in [4.78, 5) is 20.3. The Hall–Kier alpha value is -2.43. The molecule has 1 amide bonds. The van der Waals surface area contributed by atoms with Crippen molar-refractivity contribution in [2.75, 3.05) is 5.73 Å². The Kier molecular flexibility index (Phi) is 4.30. The molecule has 0 bridgehead atoms. The van der Waals surface area contributed by atoms with E-state index in [0.717, 1.165) is 5.56 Å². The molecule has 0 aliphatic rings. The average molecular weight is 270 g/mol. The summed E-state index contributed by atoms with van der Waals surface area (Å²) < 4.78 is 0. The largest absolute Gasteiger partial charge is 0.384 e. The van der Waals surface area contributed by atoms with Crippen LogP contribution in [0.15, 0.2) is 42.9 Å². The zero-order valence-corrected chi connectivity index (χ0v) is 11.6. The van der Waals surface area contributed by atoms with Crippen LogP contribution < -0.4 is 11.1 Å². The van der Waals surface area contributed by atoms with Gasteiger partial charge in [-0.2, -0.15) is 0 Å². The van der Waals surface area contributed by atoms with Gasteiger partial charge in [0.15, 0.2) is 0 Å². The Morgan fingerprint density at radius 1 is 1.25 bits per heavy atom. The number of carbonyl (C=O) groups excluding carboxylic acids is 1. The summed E-state index contributed by atoms with van der Waals surface area (Å²) in [6.45, 7) is 4.11. The Labute approximate surface area is 118 Å². The Morgan fingerprint density at radius 2 is 2.05 bits per heavy atom. The lowest BCUT2D eigenvalue weighted by molar-refractivity contribution is 0.0925. The lowest BCUT2D eigenvalue weighted by atomic mass is 9.97. The lowest BCUT2D eigenvalue weighted by Crippen LogP contribution is -2.31. The van der Waals surface area contributed by atoms with Gasteiger partial charge < -0.3 is 11.1 Å². The topological polar surface area (TPSA) is 80.9 Å². The number of pyridine rings is 2. The summed E-state index contributed by atoms with van der Waals surface area (Å²) in [5, 5.41) is 3.01. The van der Waals surface area contributed by atoms with Crippen LogP contribution in [0, 0.1) is 5.92 Å². The van der Waals surface area contributed by atoms with Crippen LogP contribution in [-0.2, 0) is 0 Å². The van der Waals surface area contributed by atoms with Crippen LogP contribution in [0.3, 0.4) is 0 Å². The van der Waals surface area contributed by atoms with E-state index in [1.54, 1.807) is 24.5 Å². The number of nitrogen functional groups attached to an aromatic ring is 1. The van der Waals surface area contributed by atoms with Crippen molar-refractivity contribution in [1.29, 1.82) is 0 Å². The molecule has 1 unspecified atom stereocenters. The third-order valence-electron chi connectivity index (χ3n) is 3.05. The van der Waals surface area contributed by atoms with Crippen molar-refractivity contribution in [1.82, 2.24) is 15.3 Å². The number of amides is 1. The highest BCUT2D eigenvalue weighted by Crippen LogP contribution is 2.21. The van der Waals surface area contributed by atoms with Gasteiger partial charge >= 0.3 is 0 Å². The molecule has 2 aromatic heterocycles. The number of nitrogens with one attached hydrogen (secondary N) is 1. The molecule has 2 heterocycles. The van der Waals surface area contributed by atoms with Gasteiger partial charge in [0.2, 0.25) is 0 Å². The van der Waals surface area contributed by atoms with Crippen LogP contribution >= 0.6 is 0 Å². The average Bonchev–Trinajstić information content (AvgIpc) is 2.46. The van der Waals surface area contributed by atoms with E-state index < -0.39 is 0 Å². The summed E-state index contributed by atoms with van der Waals surface area (Å²) in [7, 11) is 0. The number of nitrogens with zero attached hydrogens (tertiary/aromatic N) is 2. The van der Waals surface area contributed by atoms with Crippen LogP contribution in [0.25, 0.3) is 0 Å². The maximum absolute atomic E-state index is 12.2. The fourth-order valence-corrected chi connectivity index (χ4v) is 1.96. The summed E-state index contributed by atoms with van der Waals surface area (Å²) in [5.41, 5.74) is 7.00. The van der Waals surface area contributed by atoms with E-state index in [1.165, 1.54) is 6.20 Å². The third-order valence-corrected chi connectivity index (χ3v) is 3.05. The second-order valence-electron chi connectivity index (χ2n) is 4.95. The van der Waals surface area contributed by atoms with Crippen LogP contribution in [0.5, 0.6) is 0 Å². The van der Waals surface area contributed by atoms with E-state index >= 15 is 0 Å². The highest BCUT2D eigenvalue weighted by Gasteiger charge is 2.19. The van der Waals surface area contributed by atoms with Crippen molar-refractivity contribution in [3.8, 4) is 0 Å². The molecule has 0 saturated carbocycles. The molecule has 0 spiro atoms. The molecule has 5 nitrogen and oxygen atoms in total. The van der Waals surface area contributed by atoms with Gasteiger partial charge in [0.25, 0.3) is 5.91 Å². The minimum absolute atomic E-state index is 0.0891. The lowest BCUT2D eigenvalue weighted by Gasteiger charge is -2.22. The molecule has 0 radical (unpaired) electrons. The highest BCUT2D eigenvalue weighted by molar-refractivity contribution is 5.94. The molecule has 2 aromatic rings. The predicted molar refractivity (Wildman–Crippen MR) is 77.9 cm³/mol. The molecule has 0 saturated heterocycles. The number of rotatable bonds is 4. The monoisotopic (exact) mass is 270 g/mol. The van der Waals surface area contributed by atoms with Crippen LogP contribution in [0.4, 0.5) is 5.82 Å². The number of hydrogen-bond acceptors (Lipinski definition) is 4. The van der Waals surface area contributed by atoms with Gasteiger partial charge in [0, 0.05) is 18.6 Å². The first-order valence-electron chi connectivity index (χ1n) is 6.50. The minimum Gasteiger partial charge on any atom is -0.384 e. The maximum Gasteiger partial charge on any atom is 0.253 e. The highest BCUT2D eigenvalue weighted by atomic mass is 16.1. The molecule has 5 heteroatoms. The van der Waals surface area contributed by atoms with E-state index in [2.05, 4.69) is 29.1 Å². The van der Waals surface area contributed by atoms with Gasteiger partial charge in [-0.15, -0.1) is 0 Å². The molecule has 0 aliphatic carbocycles. The SMILES string of the molecule is CC(C)C(NC(=O)c1ccc(N)nc1)c1cccnc1. The van der Waals surface area contributed by atoms with Crippen molar-refractivity contribution in [2.24, 2.45) is 5.92 Å². The standard InChI is InChI=1S/C15H18N4O/c1-10(2)14(11-4-3-7-17-8-11)19-15(20)12-5-6-13(16)18-9-12/h3-10,14H,1-2H3,(H2,16,18)(H,19,20). The van der Waals surface area contributed by atoms with Crippen molar-refractivity contribution >= 4 is 11.7 Å². The fraction of sp³-hybridized carbons (Fsp3) is 0.267. The first-order valence-corrected chi connectivity index (χ1v) is 6.50. The summed E-state index contributed by atoms with van der Waals surface area (Å²) in [5.74, 6) is 0.485. The molecule has 2 rings (SSSR count). The van der Waals surface area contributed by atoms with Crippen LogP contribution in [0.1, 0.15) is 35.8 Å². The molecule has 104 valence electrons. The van der Waals surface area contributed by atoms with Gasteiger partial charge in [-0.05, 0) is 29.7 Å². The van der Waals surface area contributed by atoms with Crippen LogP contribution in [-0.4, -0.2) is 15.9 Å². The number of anilines is 1. The third kappa shape index (κ3) is 3.32. The summed E-state index contributed by atoms with van der Waals surface area (Å²) in [6, 6.07) is 7.01. The number of carbonyl (C=O) groups is 1. The molecule has 0 aliphatic heterocycles. The Morgan fingerprint density at radius 3 is 2.60 bits per heavy atom. The van der Waals surface area contributed by atoms with Crippen molar-refractivity contribution in [2.45, 2.75) is 19.9 Å². The second-order valence-corrected chi connectivity index (χ2v) is 4.95. The Bertz CT molecular complexity index is 566. The molecular formula is C15H18N4O. The van der Waals surface area contributed by atoms with E-state index in [9.17, 15) is 4.79 Å². The Balaban J connectivity index is 2.17. The maximum atomic E-state index is 12.2. The smallest absolute Gasteiger partial charge is 0.253 e. The summed E-state index contributed by atoms with van der Waals surface area (Å²) >= 11 is 0. The van der Waals surface area contributed by atoms with E-state index in [0.29, 0.717) is 11.4 Å². The number of nitrogens with two attached hydrogens (primary N) is 1. The second kappa shape index (κ2) is 6.14. The molecular weight excluding hydrogens is 252 g/mol. The summed E-state index contributed by atoms with van der Waals surface area (Å²) in [6.07, 6.45) is 4.96. The van der Waals surface area contributed by atoms with Crippen molar-refractivity contribution in [3.63, 3.8) is 0 Å². The van der Waals surface area contributed by atoms with Gasteiger partial charge in [0.05, 0.1) is 11.6 Å². The normalized spacial score (nSPS) is 12.2.